The molecule has 5 fully saturated rings. The Hall–Kier alpha value is -2.44. The highest BCUT2D eigenvalue weighted by atomic mass is 35.5. The molecule has 3 saturated carbocycles. The monoisotopic (exact) mass is 657 g/mol. The molecule has 244 valence electrons. The molecule has 9 nitrogen and oxygen atoms in total. The van der Waals surface area contributed by atoms with Crippen LogP contribution in [0.15, 0.2) is 64.4 Å². The van der Waals surface area contributed by atoms with E-state index in [0.29, 0.717) is 44.2 Å². The molecule has 3 aliphatic carbocycles. The first-order valence-electron chi connectivity index (χ1n) is 16.0. The fourth-order valence-corrected chi connectivity index (χ4v) is 9.44. The van der Waals surface area contributed by atoms with Gasteiger partial charge < -0.3 is 25.3 Å². The lowest BCUT2D eigenvalue weighted by Gasteiger charge is -2.64. The van der Waals surface area contributed by atoms with Gasteiger partial charge in [-0.05, 0) is 99.6 Å². The zero-order valence-corrected chi connectivity index (χ0v) is 27.9. The third-order valence-electron chi connectivity index (χ3n) is 10.9. The molecular formula is C33H45BClN3O6S. The van der Waals surface area contributed by atoms with Crippen molar-refractivity contribution in [3.05, 3.63) is 60.2 Å². The average Bonchev–Trinajstić information content (AvgIpc) is 3.65. The number of sulfone groups is 1. The summed E-state index contributed by atoms with van der Waals surface area (Å²) in [5.74, 6) is 0.0690. The Morgan fingerprint density at radius 1 is 1.07 bits per heavy atom. The number of hydrogen-bond acceptors (Lipinski definition) is 7. The molecule has 6 atom stereocenters. The Balaban J connectivity index is 0.00000400. The van der Waals surface area contributed by atoms with Crippen molar-refractivity contribution in [2.45, 2.75) is 99.2 Å². The number of carbonyl (C=O) groups excluding carboxylic acids is 2. The number of benzene rings is 2. The van der Waals surface area contributed by atoms with E-state index in [-0.39, 0.29) is 62.6 Å². The van der Waals surface area contributed by atoms with Crippen molar-refractivity contribution in [1.82, 2.24) is 10.2 Å². The van der Waals surface area contributed by atoms with Crippen molar-refractivity contribution in [3.8, 4) is 0 Å². The van der Waals surface area contributed by atoms with Gasteiger partial charge in [-0.1, -0.05) is 44.5 Å². The fourth-order valence-electron chi connectivity index (χ4n) is 8.12. The van der Waals surface area contributed by atoms with E-state index < -0.39 is 23.0 Å². The number of likely N-dealkylation sites (tertiary alicyclic amines) is 1. The quantitative estimate of drug-likeness (QED) is 0.286. The molecule has 0 aromatic heterocycles. The molecule has 5 aliphatic rings. The van der Waals surface area contributed by atoms with Gasteiger partial charge >= 0.3 is 7.12 Å². The topological polar surface area (TPSA) is 128 Å². The van der Waals surface area contributed by atoms with E-state index in [4.69, 9.17) is 15.0 Å². The zero-order valence-electron chi connectivity index (χ0n) is 26.3. The summed E-state index contributed by atoms with van der Waals surface area (Å²) in [5.41, 5.74) is 5.85. The molecule has 2 aromatic rings. The van der Waals surface area contributed by atoms with Gasteiger partial charge in [-0.25, -0.2) is 8.42 Å². The lowest BCUT2D eigenvalue weighted by molar-refractivity contribution is -0.199. The number of rotatable bonds is 10. The molecule has 0 radical (unpaired) electrons. The number of amides is 2. The fraction of sp³-hybridized carbons (Fsp3) is 0.576. The van der Waals surface area contributed by atoms with Crippen LogP contribution in [0.4, 0.5) is 0 Å². The molecule has 2 amide bonds. The van der Waals surface area contributed by atoms with Gasteiger partial charge in [0.05, 0.1) is 27.4 Å². The van der Waals surface area contributed by atoms with Gasteiger partial charge in [0.25, 0.3) is 5.91 Å². The summed E-state index contributed by atoms with van der Waals surface area (Å²) in [6.07, 6.45) is 5.62. The van der Waals surface area contributed by atoms with E-state index in [1.54, 1.807) is 35.2 Å². The number of halogens is 1. The van der Waals surface area contributed by atoms with Gasteiger partial charge in [0, 0.05) is 12.1 Å². The Kier molecular flexibility index (Phi) is 9.79. The minimum Gasteiger partial charge on any atom is -0.404 e. The molecule has 12 heteroatoms. The highest BCUT2D eigenvalue weighted by molar-refractivity contribution is 7.91. The van der Waals surface area contributed by atoms with Crippen LogP contribution in [0, 0.1) is 17.3 Å². The average molecular weight is 658 g/mol. The molecule has 2 aliphatic heterocycles. The van der Waals surface area contributed by atoms with Gasteiger partial charge in [-0.15, -0.1) is 12.4 Å². The summed E-state index contributed by atoms with van der Waals surface area (Å²) in [4.78, 5) is 29.3. The van der Waals surface area contributed by atoms with E-state index in [1.165, 1.54) is 24.3 Å². The second-order valence-corrected chi connectivity index (χ2v) is 15.7. The maximum atomic E-state index is 13.8. The minimum absolute atomic E-state index is 0. The van der Waals surface area contributed by atoms with Crippen LogP contribution in [-0.4, -0.2) is 69.0 Å². The summed E-state index contributed by atoms with van der Waals surface area (Å²) in [5, 5.41) is 3.21. The van der Waals surface area contributed by atoms with Crippen LogP contribution in [-0.2, 0) is 23.9 Å². The predicted molar refractivity (Wildman–Crippen MR) is 175 cm³/mol. The van der Waals surface area contributed by atoms with Crippen molar-refractivity contribution >= 4 is 41.2 Å². The van der Waals surface area contributed by atoms with E-state index >= 15 is 0 Å². The SMILES string of the molecule is CC1(C)[C@@H]2C[C@H]3OB([C@H](CCCCN)NC(=O)[C@@H]4CCCN4C(=O)c4cccc(S(=O)(=O)c5ccccc5)c4)O[C@@]3(C)[C@H]1C2.Cl. The summed E-state index contributed by atoms with van der Waals surface area (Å²) < 4.78 is 39.7. The van der Waals surface area contributed by atoms with Crippen molar-refractivity contribution in [3.63, 3.8) is 0 Å². The van der Waals surface area contributed by atoms with Gasteiger partial charge in [-0.2, -0.15) is 0 Å². The normalized spacial score (nSPS) is 28.9. The summed E-state index contributed by atoms with van der Waals surface area (Å²) in [6, 6.07) is 13.5. The van der Waals surface area contributed by atoms with Crippen LogP contribution in [0.25, 0.3) is 0 Å². The van der Waals surface area contributed by atoms with Gasteiger partial charge in [0.15, 0.2) is 0 Å². The summed E-state index contributed by atoms with van der Waals surface area (Å²) in [6.45, 7) is 7.79. The van der Waals surface area contributed by atoms with E-state index in [9.17, 15) is 18.0 Å². The number of hydrogen-bond donors (Lipinski definition) is 2. The molecular weight excluding hydrogens is 613 g/mol. The van der Waals surface area contributed by atoms with Crippen LogP contribution in [0.5, 0.6) is 0 Å². The smallest absolute Gasteiger partial charge is 0.404 e. The molecule has 2 aromatic carbocycles. The first-order chi connectivity index (χ1) is 21.0. The number of carbonyl (C=O) groups is 2. The van der Waals surface area contributed by atoms with Crippen LogP contribution < -0.4 is 11.1 Å². The minimum atomic E-state index is -3.79. The van der Waals surface area contributed by atoms with Crippen LogP contribution >= 0.6 is 12.4 Å². The first-order valence-corrected chi connectivity index (χ1v) is 17.5. The predicted octanol–water partition coefficient (Wildman–Crippen LogP) is 4.43. The Bertz CT molecular complexity index is 1510. The van der Waals surface area contributed by atoms with Crippen molar-refractivity contribution in [2.75, 3.05) is 13.1 Å². The Morgan fingerprint density at radius 2 is 1.80 bits per heavy atom. The third kappa shape index (κ3) is 6.07. The second kappa shape index (κ2) is 13.0. The maximum Gasteiger partial charge on any atom is 0.481 e. The van der Waals surface area contributed by atoms with Gasteiger partial charge in [0.2, 0.25) is 15.7 Å². The Morgan fingerprint density at radius 3 is 2.51 bits per heavy atom. The number of nitrogens with two attached hydrogens (primary N) is 1. The van der Waals surface area contributed by atoms with E-state index in [2.05, 4.69) is 26.1 Å². The van der Waals surface area contributed by atoms with Gasteiger partial charge in [0.1, 0.15) is 6.04 Å². The molecule has 3 N–H and O–H groups in total. The molecule has 0 unspecified atom stereocenters. The largest absolute Gasteiger partial charge is 0.481 e. The summed E-state index contributed by atoms with van der Waals surface area (Å²) >= 11 is 0. The lowest BCUT2D eigenvalue weighted by Crippen LogP contribution is -2.65. The highest BCUT2D eigenvalue weighted by Crippen LogP contribution is 2.65. The van der Waals surface area contributed by atoms with Crippen molar-refractivity contribution < 1.29 is 27.3 Å². The highest BCUT2D eigenvalue weighted by Gasteiger charge is 2.68. The van der Waals surface area contributed by atoms with Crippen molar-refractivity contribution in [1.29, 1.82) is 0 Å². The van der Waals surface area contributed by atoms with Gasteiger partial charge in [-0.3, -0.25) is 9.59 Å². The molecule has 0 spiro atoms. The maximum absolute atomic E-state index is 13.8. The molecule has 45 heavy (non-hydrogen) atoms. The second-order valence-electron chi connectivity index (χ2n) is 13.7. The van der Waals surface area contributed by atoms with Crippen LogP contribution in [0.3, 0.4) is 0 Å². The standard InChI is InChI=1S/C33H44BN3O6S.ClH/c1-32(2)23-20-27(32)33(3)28(21-23)42-34(43-33)29(16-7-8-17-35)36-30(38)26-15-10-18-37(26)31(39)22-11-9-14-25(19-22)44(40,41)24-12-5-4-6-13-24;/h4-6,9,11-14,19,23,26-29H,7-8,10,15-18,20-21,35H2,1-3H3,(H,36,38);1H/t23-,26-,27-,28+,29-,33-;/m0./s1. The number of nitrogens with zero attached hydrogens (tertiary/aromatic N) is 1. The van der Waals surface area contributed by atoms with E-state index in [0.717, 1.165) is 25.7 Å². The first kappa shape index (κ1) is 33.9. The van der Waals surface area contributed by atoms with E-state index in [1.807, 2.05) is 0 Å². The van der Waals surface area contributed by atoms with Crippen LogP contribution in [0.2, 0.25) is 0 Å². The zero-order chi connectivity index (χ0) is 31.3. The Labute approximate surface area is 273 Å². The molecule has 2 heterocycles. The van der Waals surface area contributed by atoms with Crippen LogP contribution in [0.1, 0.15) is 76.1 Å². The number of unbranched alkanes of at least 4 members (excludes halogenated alkanes) is 1. The lowest BCUT2D eigenvalue weighted by atomic mass is 9.43. The summed E-state index contributed by atoms with van der Waals surface area (Å²) in [7, 11) is -4.36. The third-order valence-corrected chi connectivity index (χ3v) is 12.6. The molecule has 7 rings (SSSR count). The number of nitrogens with one attached hydrogen (secondary N) is 1. The van der Waals surface area contributed by atoms with Crippen molar-refractivity contribution in [2.24, 2.45) is 23.0 Å². The molecule has 2 bridgehead atoms. The molecule has 2 saturated heterocycles.